The van der Waals surface area contributed by atoms with Gasteiger partial charge in [0.15, 0.2) is 0 Å². The van der Waals surface area contributed by atoms with Gasteiger partial charge < -0.3 is 9.47 Å². The normalized spacial score (nSPS) is 10.6. The Hall–Kier alpha value is -3.08. The lowest BCUT2D eigenvalue weighted by molar-refractivity contribution is 0.215. The van der Waals surface area contributed by atoms with Gasteiger partial charge in [-0.15, -0.1) is 0 Å². The number of pyridine rings is 1. The van der Waals surface area contributed by atoms with Crippen molar-refractivity contribution in [2.75, 3.05) is 5.32 Å². The van der Waals surface area contributed by atoms with Crippen LogP contribution in [-0.2, 0) is 0 Å². The highest BCUT2D eigenvalue weighted by atomic mass is 16.6. The van der Waals surface area contributed by atoms with Crippen LogP contribution in [0, 0.1) is 0 Å². The molecule has 0 fully saturated rings. The van der Waals surface area contributed by atoms with Crippen molar-refractivity contribution in [2.45, 2.75) is 20.0 Å². The maximum Gasteiger partial charge on any atom is 0.417 e. The summed E-state index contributed by atoms with van der Waals surface area (Å²) < 4.78 is 11.0. The third-order valence-corrected chi connectivity index (χ3v) is 3.28. The van der Waals surface area contributed by atoms with Gasteiger partial charge in [0.1, 0.15) is 11.5 Å². The van der Waals surface area contributed by atoms with Crippen LogP contribution in [0.4, 0.5) is 10.5 Å². The van der Waals surface area contributed by atoms with Crippen molar-refractivity contribution in [1.82, 2.24) is 4.98 Å². The zero-order valence-electron chi connectivity index (χ0n) is 13.5. The second-order valence-corrected chi connectivity index (χ2v) is 5.53. The highest BCUT2D eigenvalue weighted by molar-refractivity contribution is 5.91. The van der Waals surface area contributed by atoms with Crippen molar-refractivity contribution < 1.29 is 14.3 Å². The first-order valence-electron chi connectivity index (χ1n) is 7.71. The number of hydrogen-bond acceptors (Lipinski definition) is 4. The number of aromatic nitrogens is 1. The molecule has 122 valence electrons. The van der Waals surface area contributed by atoms with Crippen molar-refractivity contribution >= 4 is 22.7 Å². The molecule has 1 N–H and O–H groups in total. The lowest BCUT2D eigenvalue weighted by Crippen LogP contribution is -2.17. The van der Waals surface area contributed by atoms with E-state index in [1.54, 1.807) is 36.5 Å². The van der Waals surface area contributed by atoms with Crippen LogP contribution < -0.4 is 14.8 Å². The summed E-state index contributed by atoms with van der Waals surface area (Å²) in [4.78, 5) is 16.3. The average molecular weight is 322 g/mol. The summed E-state index contributed by atoms with van der Waals surface area (Å²) in [7, 11) is 0. The summed E-state index contributed by atoms with van der Waals surface area (Å²) in [5.41, 5.74) is 1.41. The van der Waals surface area contributed by atoms with Crippen molar-refractivity contribution in [3.05, 3.63) is 60.8 Å². The number of nitrogens with zero attached hydrogens (tertiary/aromatic N) is 1. The van der Waals surface area contributed by atoms with Gasteiger partial charge in [-0.05, 0) is 56.3 Å². The lowest BCUT2D eigenvalue weighted by Gasteiger charge is -2.11. The Balaban J connectivity index is 1.69. The molecule has 5 heteroatoms. The minimum Gasteiger partial charge on any atom is -0.491 e. The Morgan fingerprint density at radius 3 is 2.54 bits per heavy atom. The standard InChI is InChI=1S/C19H18N2O3/c1-13(2)23-15-9-7-14(8-10-15)21-19(22)24-18-11-12-20-17-6-4-3-5-16(17)18/h3-13H,1-2H3,(H,21,22). The van der Waals surface area contributed by atoms with Gasteiger partial charge in [0.2, 0.25) is 0 Å². The number of hydrogen-bond donors (Lipinski definition) is 1. The van der Waals surface area contributed by atoms with E-state index in [9.17, 15) is 4.79 Å². The summed E-state index contributed by atoms with van der Waals surface area (Å²) in [6, 6.07) is 16.3. The van der Waals surface area contributed by atoms with Crippen LogP contribution in [0.15, 0.2) is 60.8 Å². The number of nitrogens with one attached hydrogen (secondary N) is 1. The second-order valence-electron chi connectivity index (χ2n) is 5.53. The summed E-state index contributed by atoms with van der Waals surface area (Å²) >= 11 is 0. The van der Waals surface area contributed by atoms with Gasteiger partial charge >= 0.3 is 6.09 Å². The predicted molar refractivity (Wildman–Crippen MR) is 93.6 cm³/mol. The lowest BCUT2D eigenvalue weighted by atomic mass is 10.2. The molecule has 24 heavy (non-hydrogen) atoms. The van der Waals surface area contributed by atoms with E-state index in [-0.39, 0.29) is 6.10 Å². The third kappa shape index (κ3) is 3.81. The fourth-order valence-electron chi connectivity index (χ4n) is 2.29. The zero-order valence-corrected chi connectivity index (χ0v) is 13.5. The first-order valence-corrected chi connectivity index (χ1v) is 7.71. The second kappa shape index (κ2) is 7.00. The molecular formula is C19H18N2O3. The Labute approximate surface area is 140 Å². The van der Waals surface area contributed by atoms with Crippen LogP contribution in [0.2, 0.25) is 0 Å². The molecule has 0 atom stereocenters. The molecule has 1 heterocycles. The predicted octanol–water partition coefficient (Wildman–Crippen LogP) is 4.63. The Morgan fingerprint density at radius 1 is 1.04 bits per heavy atom. The molecule has 1 aromatic heterocycles. The van der Waals surface area contributed by atoms with Gasteiger partial charge in [0, 0.05) is 17.3 Å². The van der Waals surface area contributed by atoms with E-state index in [0.29, 0.717) is 11.4 Å². The van der Waals surface area contributed by atoms with Crippen LogP contribution in [-0.4, -0.2) is 17.2 Å². The molecule has 0 radical (unpaired) electrons. The van der Waals surface area contributed by atoms with E-state index >= 15 is 0 Å². The SMILES string of the molecule is CC(C)Oc1ccc(NC(=O)Oc2ccnc3ccccc23)cc1. The Morgan fingerprint density at radius 2 is 1.79 bits per heavy atom. The van der Waals surface area contributed by atoms with Gasteiger partial charge in [-0.25, -0.2) is 4.79 Å². The third-order valence-electron chi connectivity index (χ3n) is 3.28. The van der Waals surface area contributed by atoms with Crippen LogP contribution in [0.25, 0.3) is 10.9 Å². The molecule has 1 amide bonds. The monoisotopic (exact) mass is 322 g/mol. The van der Waals surface area contributed by atoms with Gasteiger partial charge in [0.05, 0.1) is 11.6 Å². The molecule has 0 aliphatic heterocycles. The largest absolute Gasteiger partial charge is 0.491 e. The number of benzene rings is 2. The van der Waals surface area contributed by atoms with E-state index < -0.39 is 6.09 Å². The smallest absolute Gasteiger partial charge is 0.417 e. The van der Waals surface area contributed by atoms with Gasteiger partial charge in [-0.3, -0.25) is 10.3 Å². The topological polar surface area (TPSA) is 60.5 Å². The summed E-state index contributed by atoms with van der Waals surface area (Å²) in [6.07, 6.45) is 1.17. The number of anilines is 1. The van der Waals surface area contributed by atoms with Crippen molar-refractivity contribution in [1.29, 1.82) is 0 Å². The minimum absolute atomic E-state index is 0.105. The molecule has 2 aromatic carbocycles. The molecule has 3 aromatic rings. The number of carbonyl (C=O) groups excluding carboxylic acids is 1. The fourth-order valence-corrected chi connectivity index (χ4v) is 2.29. The molecule has 0 bridgehead atoms. The van der Waals surface area contributed by atoms with Gasteiger partial charge in [-0.1, -0.05) is 12.1 Å². The van der Waals surface area contributed by atoms with E-state index in [0.717, 1.165) is 16.7 Å². The average Bonchev–Trinajstić information content (AvgIpc) is 2.56. The number of para-hydroxylation sites is 1. The van der Waals surface area contributed by atoms with E-state index in [4.69, 9.17) is 9.47 Å². The molecule has 0 spiro atoms. The van der Waals surface area contributed by atoms with E-state index in [1.165, 1.54) is 0 Å². The van der Waals surface area contributed by atoms with Crippen LogP contribution in [0.1, 0.15) is 13.8 Å². The molecule has 0 saturated carbocycles. The number of rotatable bonds is 4. The van der Waals surface area contributed by atoms with Gasteiger partial charge in [0.25, 0.3) is 0 Å². The maximum absolute atomic E-state index is 12.1. The molecule has 3 rings (SSSR count). The molecule has 5 nitrogen and oxygen atoms in total. The Kier molecular flexibility index (Phi) is 4.61. The number of fused-ring (bicyclic) bond motifs is 1. The number of ether oxygens (including phenoxy) is 2. The molecule has 0 aliphatic rings. The van der Waals surface area contributed by atoms with Crippen LogP contribution in [0.3, 0.4) is 0 Å². The van der Waals surface area contributed by atoms with E-state index in [1.807, 2.05) is 38.1 Å². The summed E-state index contributed by atoms with van der Waals surface area (Å²) in [6.45, 7) is 3.92. The molecular weight excluding hydrogens is 304 g/mol. The van der Waals surface area contributed by atoms with E-state index in [2.05, 4.69) is 10.3 Å². The number of amides is 1. The van der Waals surface area contributed by atoms with Crippen molar-refractivity contribution in [3.63, 3.8) is 0 Å². The highest BCUT2D eigenvalue weighted by Crippen LogP contribution is 2.24. The van der Waals surface area contributed by atoms with Crippen LogP contribution >= 0.6 is 0 Å². The zero-order chi connectivity index (χ0) is 16.9. The van der Waals surface area contributed by atoms with Gasteiger partial charge in [-0.2, -0.15) is 0 Å². The van der Waals surface area contributed by atoms with Crippen molar-refractivity contribution in [2.24, 2.45) is 0 Å². The van der Waals surface area contributed by atoms with Crippen LogP contribution in [0.5, 0.6) is 11.5 Å². The minimum atomic E-state index is -0.552. The highest BCUT2D eigenvalue weighted by Gasteiger charge is 2.09. The quantitative estimate of drug-likeness (QED) is 0.760. The van der Waals surface area contributed by atoms with Crippen molar-refractivity contribution in [3.8, 4) is 11.5 Å². The molecule has 0 unspecified atom stereocenters. The maximum atomic E-state index is 12.1. The molecule has 0 saturated heterocycles. The summed E-state index contributed by atoms with van der Waals surface area (Å²) in [5, 5.41) is 3.49. The first kappa shape index (κ1) is 15.8. The Bertz CT molecular complexity index is 839. The summed E-state index contributed by atoms with van der Waals surface area (Å²) in [5.74, 6) is 1.22. The molecule has 0 aliphatic carbocycles. The number of carbonyl (C=O) groups is 1. The first-order chi connectivity index (χ1) is 11.6. The fraction of sp³-hybridized carbons (Fsp3) is 0.158.